The van der Waals surface area contributed by atoms with Crippen molar-refractivity contribution in [2.45, 2.75) is 412 Å². The molecule has 0 radical (unpaired) electrons. The van der Waals surface area contributed by atoms with E-state index in [-0.39, 0.29) is 31.1 Å². The lowest BCUT2D eigenvalue weighted by molar-refractivity contribution is -0.167. The molecule has 0 amide bonds. The maximum Gasteiger partial charge on any atom is 0.306 e. The van der Waals surface area contributed by atoms with Gasteiger partial charge < -0.3 is 14.2 Å². The van der Waals surface area contributed by atoms with Crippen LogP contribution in [0.1, 0.15) is 406 Å². The Hall–Kier alpha value is -1.59. The smallest absolute Gasteiger partial charge is 0.306 e. The van der Waals surface area contributed by atoms with Crippen LogP contribution in [0.3, 0.4) is 0 Å². The van der Waals surface area contributed by atoms with Gasteiger partial charge in [0.2, 0.25) is 0 Å². The van der Waals surface area contributed by atoms with Crippen molar-refractivity contribution >= 4 is 17.9 Å². The number of carbonyl (C=O) groups excluding carboxylic acids is 3. The van der Waals surface area contributed by atoms with Crippen LogP contribution in [0.15, 0.2) is 0 Å². The summed E-state index contributed by atoms with van der Waals surface area (Å²) in [5, 5.41) is 0. The molecule has 6 nitrogen and oxygen atoms in total. The molecule has 0 aromatic heterocycles. The number of hydrogen-bond acceptors (Lipinski definition) is 6. The maximum absolute atomic E-state index is 12.9. The van der Waals surface area contributed by atoms with Crippen molar-refractivity contribution in [1.29, 1.82) is 0 Å². The third-order valence-electron chi connectivity index (χ3n) is 16.1. The molecular formula is C69H134O6. The van der Waals surface area contributed by atoms with Crippen molar-refractivity contribution in [2.24, 2.45) is 0 Å². The van der Waals surface area contributed by atoms with E-state index in [0.29, 0.717) is 19.3 Å². The molecule has 0 bridgehead atoms. The SMILES string of the molecule is CCCCCCCCCCCCCCCCCCCCCCCCCCCCCCC(=O)OCC(COC(=O)CCCCCCCCC)OC(=O)CCCCCCCCCCCCCCCCCCCCCCCC. The maximum atomic E-state index is 12.9. The lowest BCUT2D eigenvalue weighted by atomic mass is 10.0. The van der Waals surface area contributed by atoms with Gasteiger partial charge in [-0.2, -0.15) is 0 Å². The fraction of sp³-hybridized carbons (Fsp3) is 0.957. The van der Waals surface area contributed by atoms with E-state index >= 15 is 0 Å². The van der Waals surface area contributed by atoms with Gasteiger partial charge in [-0.3, -0.25) is 14.4 Å². The van der Waals surface area contributed by atoms with Crippen molar-refractivity contribution in [3.05, 3.63) is 0 Å². The third kappa shape index (κ3) is 63.1. The Kier molecular flexibility index (Phi) is 63.6. The fourth-order valence-corrected chi connectivity index (χ4v) is 10.9. The van der Waals surface area contributed by atoms with E-state index in [9.17, 15) is 14.4 Å². The normalized spacial score (nSPS) is 11.9. The quantitative estimate of drug-likeness (QED) is 0.0343. The van der Waals surface area contributed by atoms with Crippen LogP contribution in [0.4, 0.5) is 0 Å². The van der Waals surface area contributed by atoms with Crippen LogP contribution in [-0.2, 0) is 28.6 Å². The molecule has 0 saturated heterocycles. The molecule has 1 atom stereocenters. The predicted molar refractivity (Wildman–Crippen MR) is 326 cm³/mol. The second-order valence-electron chi connectivity index (χ2n) is 23.8. The Bertz CT molecular complexity index is 1120. The minimum Gasteiger partial charge on any atom is -0.462 e. The van der Waals surface area contributed by atoms with E-state index in [0.717, 1.165) is 57.8 Å². The Balaban J connectivity index is 3.99. The van der Waals surface area contributed by atoms with E-state index in [1.54, 1.807) is 0 Å². The highest BCUT2D eigenvalue weighted by Gasteiger charge is 2.19. The van der Waals surface area contributed by atoms with Gasteiger partial charge in [-0.05, 0) is 19.3 Å². The van der Waals surface area contributed by atoms with Crippen LogP contribution in [-0.4, -0.2) is 37.2 Å². The van der Waals surface area contributed by atoms with Gasteiger partial charge in [0.05, 0.1) is 0 Å². The highest BCUT2D eigenvalue weighted by molar-refractivity contribution is 5.71. The predicted octanol–water partition coefficient (Wildman–Crippen LogP) is 23.5. The summed E-state index contributed by atoms with van der Waals surface area (Å²) in [5.74, 6) is -0.834. The number of esters is 3. The van der Waals surface area contributed by atoms with Gasteiger partial charge in [0.15, 0.2) is 6.10 Å². The Morgan fingerprint density at radius 1 is 0.213 bits per heavy atom. The standard InChI is InChI=1S/C69H134O6/c1-4-7-10-13-16-18-20-22-24-26-28-30-32-33-34-35-36-37-39-40-42-44-46-48-50-53-56-59-62-68(71)74-65-66(64-73-67(70)61-58-55-52-15-12-9-6-3)75-69(72)63-60-57-54-51-49-47-45-43-41-38-31-29-27-25-23-21-19-17-14-11-8-5-2/h66H,4-65H2,1-3H3. The second kappa shape index (κ2) is 64.9. The van der Waals surface area contributed by atoms with Gasteiger partial charge in [-0.1, -0.05) is 367 Å². The minimum atomic E-state index is -0.761. The van der Waals surface area contributed by atoms with Crippen LogP contribution in [0.25, 0.3) is 0 Å². The van der Waals surface area contributed by atoms with E-state index in [2.05, 4.69) is 20.8 Å². The summed E-state index contributed by atoms with van der Waals surface area (Å²) in [6.45, 7) is 6.69. The molecule has 0 saturated carbocycles. The highest BCUT2D eigenvalue weighted by Crippen LogP contribution is 2.19. The molecule has 0 aliphatic heterocycles. The van der Waals surface area contributed by atoms with Crippen molar-refractivity contribution in [3.63, 3.8) is 0 Å². The van der Waals surface area contributed by atoms with E-state index in [4.69, 9.17) is 14.2 Å². The summed E-state index contributed by atoms with van der Waals surface area (Å²) >= 11 is 0. The molecule has 0 aliphatic carbocycles. The lowest BCUT2D eigenvalue weighted by Gasteiger charge is -2.18. The van der Waals surface area contributed by atoms with Crippen molar-refractivity contribution < 1.29 is 28.6 Å². The van der Waals surface area contributed by atoms with Gasteiger partial charge in [0.25, 0.3) is 0 Å². The van der Waals surface area contributed by atoms with Crippen molar-refractivity contribution in [1.82, 2.24) is 0 Å². The monoisotopic (exact) mass is 1060 g/mol. The molecule has 6 heteroatoms. The summed E-state index contributed by atoms with van der Waals surface area (Å²) in [7, 11) is 0. The molecule has 0 fully saturated rings. The van der Waals surface area contributed by atoms with E-state index in [1.165, 1.54) is 308 Å². The van der Waals surface area contributed by atoms with Gasteiger partial charge in [0.1, 0.15) is 13.2 Å². The van der Waals surface area contributed by atoms with Gasteiger partial charge in [-0.15, -0.1) is 0 Å². The van der Waals surface area contributed by atoms with Crippen molar-refractivity contribution in [2.75, 3.05) is 13.2 Å². The molecule has 0 N–H and O–H groups in total. The Labute approximate surface area is 469 Å². The number of unbranched alkanes of at least 4 members (excludes halogenated alkanes) is 54. The van der Waals surface area contributed by atoms with E-state index < -0.39 is 6.10 Å². The first kappa shape index (κ1) is 73.4. The fourth-order valence-electron chi connectivity index (χ4n) is 10.9. The largest absolute Gasteiger partial charge is 0.462 e. The Morgan fingerprint density at radius 2 is 0.360 bits per heavy atom. The number of rotatable bonds is 65. The van der Waals surface area contributed by atoms with Crippen LogP contribution in [0.2, 0.25) is 0 Å². The molecule has 1 unspecified atom stereocenters. The summed E-state index contributed by atoms with van der Waals surface area (Å²) in [6.07, 6.45) is 76.0. The zero-order valence-corrected chi connectivity index (χ0v) is 51.4. The molecular weight excluding hydrogens is 925 g/mol. The topological polar surface area (TPSA) is 78.9 Å². The van der Waals surface area contributed by atoms with E-state index in [1.807, 2.05) is 0 Å². The first-order chi connectivity index (χ1) is 37.0. The zero-order chi connectivity index (χ0) is 54.3. The number of carbonyl (C=O) groups is 3. The Morgan fingerprint density at radius 3 is 0.533 bits per heavy atom. The first-order valence-corrected chi connectivity index (χ1v) is 34.5. The summed E-state index contributed by atoms with van der Waals surface area (Å²) in [5.41, 5.74) is 0. The van der Waals surface area contributed by atoms with Crippen LogP contribution in [0.5, 0.6) is 0 Å². The van der Waals surface area contributed by atoms with Crippen molar-refractivity contribution in [3.8, 4) is 0 Å². The lowest BCUT2D eigenvalue weighted by Crippen LogP contribution is -2.30. The molecule has 0 aromatic carbocycles. The summed E-state index contributed by atoms with van der Waals surface area (Å²) in [6, 6.07) is 0. The molecule has 446 valence electrons. The first-order valence-electron chi connectivity index (χ1n) is 34.5. The van der Waals surface area contributed by atoms with Crippen LogP contribution >= 0.6 is 0 Å². The molecule has 0 aromatic rings. The average Bonchev–Trinajstić information content (AvgIpc) is 3.41. The van der Waals surface area contributed by atoms with Crippen LogP contribution in [0, 0.1) is 0 Å². The average molecular weight is 1060 g/mol. The van der Waals surface area contributed by atoms with Crippen LogP contribution < -0.4 is 0 Å². The molecule has 0 spiro atoms. The zero-order valence-electron chi connectivity index (χ0n) is 51.4. The second-order valence-corrected chi connectivity index (χ2v) is 23.8. The van der Waals surface area contributed by atoms with Gasteiger partial charge in [-0.25, -0.2) is 0 Å². The van der Waals surface area contributed by atoms with Gasteiger partial charge >= 0.3 is 17.9 Å². The molecule has 0 heterocycles. The summed E-state index contributed by atoms with van der Waals surface area (Å²) in [4.78, 5) is 38.1. The number of hydrogen-bond donors (Lipinski definition) is 0. The third-order valence-corrected chi connectivity index (χ3v) is 16.1. The summed E-state index contributed by atoms with van der Waals surface area (Å²) < 4.78 is 16.9. The molecule has 75 heavy (non-hydrogen) atoms. The van der Waals surface area contributed by atoms with Gasteiger partial charge in [0, 0.05) is 19.3 Å². The molecule has 0 rings (SSSR count). The highest BCUT2D eigenvalue weighted by atomic mass is 16.6. The molecule has 0 aliphatic rings. The number of ether oxygens (including phenoxy) is 3. The minimum absolute atomic E-state index is 0.0613.